The van der Waals surface area contributed by atoms with E-state index in [4.69, 9.17) is 9.47 Å². The first-order valence-corrected chi connectivity index (χ1v) is 10.8. The summed E-state index contributed by atoms with van der Waals surface area (Å²) in [5, 5.41) is 9.60. The SMILES string of the molecule is CCN(C(C)=O)c1cccc(-c2sc(C(=O)O)c(OCC(=O)OC(C)(C)C)c2Br)c1. The minimum absolute atomic E-state index is 0.0373. The van der Waals surface area contributed by atoms with Gasteiger partial charge in [-0.3, -0.25) is 4.79 Å². The molecule has 1 amide bonds. The van der Waals surface area contributed by atoms with Crippen LogP contribution in [0.4, 0.5) is 5.69 Å². The van der Waals surface area contributed by atoms with Crippen LogP contribution in [0.2, 0.25) is 0 Å². The number of carbonyl (C=O) groups is 3. The first-order chi connectivity index (χ1) is 13.9. The van der Waals surface area contributed by atoms with E-state index in [9.17, 15) is 19.5 Å². The topological polar surface area (TPSA) is 93.1 Å². The molecule has 0 spiro atoms. The van der Waals surface area contributed by atoms with Crippen LogP contribution >= 0.6 is 27.3 Å². The Kier molecular flexibility index (Phi) is 7.65. The number of carboxylic acid groups (broad SMARTS) is 1. The third kappa shape index (κ3) is 5.82. The highest BCUT2D eigenvalue weighted by atomic mass is 79.9. The van der Waals surface area contributed by atoms with Crippen LogP contribution in [0.15, 0.2) is 28.7 Å². The molecule has 0 aliphatic heterocycles. The monoisotopic (exact) mass is 497 g/mol. The summed E-state index contributed by atoms with van der Waals surface area (Å²) in [6.45, 7) is 8.66. The molecule has 2 rings (SSSR count). The van der Waals surface area contributed by atoms with Crippen molar-refractivity contribution >= 4 is 50.8 Å². The Hall–Kier alpha value is -2.39. The molecule has 0 radical (unpaired) electrons. The second-order valence-electron chi connectivity index (χ2n) is 7.40. The van der Waals surface area contributed by atoms with Gasteiger partial charge in [-0.2, -0.15) is 0 Å². The molecule has 0 saturated carbocycles. The number of amides is 1. The van der Waals surface area contributed by atoms with E-state index in [0.717, 1.165) is 16.9 Å². The fourth-order valence-corrected chi connectivity index (χ4v) is 4.64. The number of hydrogen-bond acceptors (Lipinski definition) is 6. The van der Waals surface area contributed by atoms with Crippen molar-refractivity contribution in [1.29, 1.82) is 0 Å². The van der Waals surface area contributed by atoms with Crippen LogP contribution in [-0.4, -0.2) is 41.7 Å². The van der Waals surface area contributed by atoms with Gasteiger partial charge in [-0.1, -0.05) is 12.1 Å². The van der Waals surface area contributed by atoms with E-state index in [1.165, 1.54) is 6.92 Å². The van der Waals surface area contributed by atoms with E-state index >= 15 is 0 Å². The molecule has 1 aromatic heterocycles. The zero-order valence-corrected chi connectivity index (χ0v) is 19.8. The predicted octanol–water partition coefficient (Wildman–Crippen LogP) is 4.97. The molecular weight excluding hydrogens is 474 g/mol. The summed E-state index contributed by atoms with van der Waals surface area (Å²) in [7, 11) is 0. The Balaban J connectivity index is 2.39. The number of aromatic carboxylic acids is 1. The van der Waals surface area contributed by atoms with Gasteiger partial charge in [0.15, 0.2) is 17.2 Å². The predicted molar refractivity (Wildman–Crippen MR) is 119 cm³/mol. The number of carbonyl (C=O) groups excluding carboxylic acids is 2. The van der Waals surface area contributed by atoms with Crippen LogP contribution in [-0.2, 0) is 14.3 Å². The number of thiophene rings is 1. The van der Waals surface area contributed by atoms with Crippen molar-refractivity contribution < 1.29 is 29.0 Å². The van der Waals surface area contributed by atoms with Crippen molar-refractivity contribution in [2.45, 2.75) is 40.2 Å². The van der Waals surface area contributed by atoms with Crippen molar-refractivity contribution in [2.24, 2.45) is 0 Å². The summed E-state index contributed by atoms with van der Waals surface area (Å²) in [5.41, 5.74) is 0.754. The summed E-state index contributed by atoms with van der Waals surface area (Å²) in [5.74, 6) is -1.79. The number of rotatable bonds is 7. The zero-order chi connectivity index (χ0) is 22.6. The number of halogens is 1. The number of nitrogens with zero attached hydrogens (tertiary/aromatic N) is 1. The van der Waals surface area contributed by atoms with Gasteiger partial charge < -0.3 is 19.5 Å². The summed E-state index contributed by atoms with van der Waals surface area (Å²) in [6.07, 6.45) is 0. The first kappa shape index (κ1) is 23.9. The fourth-order valence-electron chi connectivity index (χ4n) is 2.76. The van der Waals surface area contributed by atoms with Gasteiger partial charge in [-0.25, -0.2) is 9.59 Å². The average molecular weight is 498 g/mol. The lowest BCUT2D eigenvalue weighted by Gasteiger charge is -2.19. The van der Waals surface area contributed by atoms with Crippen LogP contribution < -0.4 is 9.64 Å². The van der Waals surface area contributed by atoms with Gasteiger partial charge in [0.25, 0.3) is 0 Å². The number of hydrogen-bond donors (Lipinski definition) is 1. The second kappa shape index (κ2) is 9.61. The third-order valence-electron chi connectivity index (χ3n) is 3.87. The first-order valence-electron chi connectivity index (χ1n) is 9.23. The van der Waals surface area contributed by atoms with Gasteiger partial charge in [-0.05, 0) is 61.3 Å². The van der Waals surface area contributed by atoms with Gasteiger partial charge in [0, 0.05) is 19.2 Å². The summed E-state index contributed by atoms with van der Waals surface area (Å²) < 4.78 is 11.2. The highest BCUT2D eigenvalue weighted by molar-refractivity contribution is 9.10. The van der Waals surface area contributed by atoms with E-state index < -0.39 is 24.1 Å². The molecule has 0 bridgehead atoms. The Morgan fingerprint density at radius 1 is 1.23 bits per heavy atom. The fraction of sp³-hybridized carbons (Fsp3) is 0.381. The molecular formula is C21H24BrNO6S. The molecule has 7 nitrogen and oxygen atoms in total. The summed E-state index contributed by atoms with van der Waals surface area (Å²) in [6, 6.07) is 7.24. The molecule has 1 aromatic carbocycles. The highest BCUT2D eigenvalue weighted by Gasteiger charge is 2.26. The van der Waals surface area contributed by atoms with Gasteiger partial charge in [-0.15, -0.1) is 11.3 Å². The molecule has 2 aromatic rings. The van der Waals surface area contributed by atoms with Crippen LogP contribution in [0.5, 0.6) is 5.75 Å². The molecule has 30 heavy (non-hydrogen) atoms. The van der Waals surface area contributed by atoms with Gasteiger partial charge in [0.05, 0.1) is 9.35 Å². The van der Waals surface area contributed by atoms with Crippen LogP contribution in [0.3, 0.4) is 0 Å². The standard InChI is InChI=1S/C21H24BrNO6S/c1-6-23(12(2)24)14-9-7-8-13(10-14)18-16(22)17(19(30-18)20(26)27)28-11-15(25)29-21(3,4)5/h7-10H,6,11H2,1-5H3,(H,26,27). The maximum Gasteiger partial charge on any atom is 0.349 e. The Morgan fingerprint density at radius 3 is 2.43 bits per heavy atom. The van der Waals surface area contributed by atoms with Crippen molar-refractivity contribution in [1.82, 2.24) is 0 Å². The maximum absolute atomic E-state index is 12.0. The molecule has 0 saturated heterocycles. The average Bonchev–Trinajstić information content (AvgIpc) is 2.96. The molecule has 0 aliphatic carbocycles. The molecule has 162 valence electrons. The normalized spacial score (nSPS) is 11.1. The Bertz CT molecular complexity index is 963. The largest absolute Gasteiger partial charge is 0.479 e. The number of esters is 1. The minimum Gasteiger partial charge on any atom is -0.479 e. The second-order valence-corrected chi connectivity index (χ2v) is 9.21. The Morgan fingerprint density at radius 2 is 1.90 bits per heavy atom. The molecule has 0 aliphatic rings. The van der Waals surface area contributed by atoms with Crippen molar-refractivity contribution in [3.8, 4) is 16.2 Å². The van der Waals surface area contributed by atoms with E-state index in [2.05, 4.69) is 15.9 Å². The molecule has 0 fully saturated rings. The molecule has 1 N–H and O–H groups in total. The smallest absolute Gasteiger partial charge is 0.349 e. The third-order valence-corrected chi connectivity index (χ3v) is 6.10. The van der Waals surface area contributed by atoms with Crippen molar-refractivity contribution in [2.75, 3.05) is 18.1 Å². The van der Waals surface area contributed by atoms with E-state index in [1.54, 1.807) is 31.7 Å². The number of carboxylic acids is 1. The molecule has 0 atom stereocenters. The molecule has 9 heteroatoms. The van der Waals surface area contributed by atoms with Crippen LogP contribution in [0.25, 0.3) is 10.4 Å². The quantitative estimate of drug-likeness (QED) is 0.542. The lowest BCUT2D eigenvalue weighted by atomic mass is 10.1. The van der Waals surface area contributed by atoms with E-state index in [-0.39, 0.29) is 16.5 Å². The van der Waals surface area contributed by atoms with Crippen LogP contribution in [0, 0.1) is 0 Å². The zero-order valence-electron chi connectivity index (χ0n) is 17.4. The Labute approximate surface area is 187 Å². The highest BCUT2D eigenvalue weighted by Crippen LogP contribution is 2.46. The lowest BCUT2D eigenvalue weighted by molar-refractivity contribution is -0.157. The lowest BCUT2D eigenvalue weighted by Crippen LogP contribution is -2.27. The van der Waals surface area contributed by atoms with Crippen molar-refractivity contribution in [3.63, 3.8) is 0 Å². The summed E-state index contributed by atoms with van der Waals surface area (Å²) >= 11 is 4.44. The van der Waals surface area contributed by atoms with Gasteiger partial charge >= 0.3 is 11.9 Å². The summed E-state index contributed by atoms with van der Waals surface area (Å²) in [4.78, 5) is 37.8. The van der Waals surface area contributed by atoms with Gasteiger partial charge in [0.1, 0.15) is 5.60 Å². The number of ether oxygens (including phenoxy) is 2. The number of anilines is 1. The van der Waals surface area contributed by atoms with Crippen LogP contribution in [0.1, 0.15) is 44.3 Å². The van der Waals surface area contributed by atoms with E-state index in [1.807, 2.05) is 25.1 Å². The van der Waals surface area contributed by atoms with Crippen molar-refractivity contribution in [3.05, 3.63) is 33.6 Å². The van der Waals surface area contributed by atoms with E-state index in [0.29, 0.717) is 21.6 Å². The minimum atomic E-state index is -1.17. The maximum atomic E-state index is 12.0. The molecule has 1 heterocycles. The number of benzene rings is 1. The molecule has 0 unspecified atom stereocenters. The van der Waals surface area contributed by atoms with Gasteiger partial charge in [0.2, 0.25) is 5.91 Å².